The standard InChI is InChI=1S/C17H20N4O4/c1-9(7-18)8-19-10-2-3-11-12(6-10)17(25)21(16(11)24)13-4-5-14(22)20-15(13)23/h2-3,6,9,13,19H,4-5,7-8,18H2,1H3,(H,20,22,23). The maximum absolute atomic E-state index is 12.7. The quantitative estimate of drug-likeness (QED) is 0.651. The molecule has 4 amide bonds. The molecule has 2 atom stereocenters. The van der Waals surface area contributed by atoms with Gasteiger partial charge < -0.3 is 11.1 Å². The minimum absolute atomic E-state index is 0.105. The number of imide groups is 2. The lowest BCUT2D eigenvalue weighted by Crippen LogP contribution is -2.54. The highest BCUT2D eigenvalue weighted by Gasteiger charge is 2.44. The number of carbonyl (C=O) groups excluding carboxylic acids is 4. The number of fused-ring (bicyclic) bond motifs is 1. The van der Waals surface area contributed by atoms with Gasteiger partial charge in [0.05, 0.1) is 11.1 Å². The highest BCUT2D eigenvalue weighted by Crippen LogP contribution is 2.29. The Morgan fingerprint density at radius 3 is 2.64 bits per heavy atom. The average molecular weight is 344 g/mol. The molecule has 1 aromatic rings. The molecule has 0 aliphatic carbocycles. The van der Waals surface area contributed by atoms with Crippen LogP contribution in [0.1, 0.15) is 40.5 Å². The molecule has 0 radical (unpaired) electrons. The number of benzene rings is 1. The summed E-state index contributed by atoms with van der Waals surface area (Å²) in [5.74, 6) is -1.74. The van der Waals surface area contributed by atoms with Crippen molar-refractivity contribution in [3.63, 3.8) is 0 Å². The van der Waals surface area contributed by atoms with Crippen LogP contribution in [0.4, 0.5) is 5.69 Å². The van der Waals surface area contributed by atoms with Crippen molar-refractivity contribution in [1.29, 1.82) is 0 Å². The van der Waals surface area contributed by atoms with Crippen LogP contribution in [-0.2, 0) is 9.59 Å². The lowest BCUT2D eigenvalue weighted by Gasteiger charge is -2.27. The van der Waals surface area contributed by atoms with E-state index < -0.39 is 29.7 Å². The number of rotatable bonds is 5. The first-order valence-electron chi connectivity index (χ1n) is 8.22. The van der Waals surface area contributed by atoms with Crippen LogP contribution in [0, 0.1) is 5.92 Å². The lowest BCUT2D eigenvalue weighted by atomic mass is 10.0. The molecule has 25 heavy (non-hydrogen) atoms. The Hall–Kier alpha value is -2.74. The van der Waals surface area contributed by atoms with Gasteiger partial charge in [0.1, 0.15) is 6.04 Å². The molecule has 0 spiro atoms. The first-order chi connectivity index (χ1) is 11.9. The fraction of sp³-hybridized carbons (Fsp3) is 0.412. The summed E-state index contributed by atoms with van der Waals surface area (Å²) in [5.41, 5.74) is 6.83. The van der Waals surface area contributed by atoms with Gasteiger partial charge in [-0.2, -0.15) is 0 Å². The second kappa shape index (κ2) is 6.64. The van der Waals surface area contributed by atoms with Gasteiger partial charge >= 0.3 is 0 Å². The van der Waals surface area contributed by atoms with Gasteiger partial charge in [-0.1, -0.05) is 6.92 Å². The first-order valence-corrected chi connectivity index (χ1v) is 8.22. The highest BCUT2D eigenvalue weighted by molar-refractivity contribution is 6.23. The van der Waals surface area contributed by atoms with Crippen molar-refractivity contribution in [2.45, 2.75) is 25.8 Å². The summed E-state index contributed by atoms with van der Waals surface area (Å²) in [7, 11) is 0. The summed E-state index contributed by atoms with van der Waals surface area (Å²) in [4.78, 5) is 49.5. The Bertz CT molecular complexity index is 761. The van der Waals surface area contributed by atoms with Gasteiger partial charge in [0.2, 0.25) is 11.8 Å². The molecule has 1 saturated heterocycles. The van der Waals surface area contributed by atoms with E-state index in [-0.39, 0.29) is 29.9 Å². The molecule has 3 rings (SSSR count). The van der Waals surface area contributed by atoms with Crippen molar-refractivity contribution in [3.05, 3.63) is 29.3 Å². The van der Waals surface area contributed by atoms with E-state index in [1.54, 1.807) is 18.2 Å². The van der Waals surface area contributed by atoms with E-state index in [2.05, 4.69) is 10.6 Å². The van der Waals surface area contributed by atoms with Crippen molar-refractivity contribution in [2.24, 2.45) is 11.7 Å². The smallest absolute Gasteiger partial charge is 0.262 e. The van der Waals surface area contributed by atoms with E-state index in [0.717, 1.165) is 4.90 Å². The van der Waals surface area contributed by atoms with Crippen LogP contribution < -0.4 is 16.4 Å². The summed E-state index contributed by atoms with van der Waals surface area (Å²) < 4.78 is 0. The van der Waals surface area contributed by atoms with Gasteiger partial charge in [-0.3, -0.25) is 29.4 Å². The molecule has 1 fully saturated rings. The van der Waals surface area contributed by atoms with Crippen molar-refractivity contribution < 1.29 is 19.2 Å². The molecule has 2 aliphatic heterocycles. The van der Waals surface area contributed by atoms with Crippen LogP contribution in [-0.4, -0.2) is 47.7 Å². The molecule has 8 nitrogen and oxygen atoms in total. The van der Waals surface area contributed by atoms with Gasteiger partial charge in [0.25, 0.3) is 11.8 Å². The summed E-state index contributed by atoms with van der Waals surface area (Å²) in [6.45, 7) is 3.19. The Labute approximate surface area is 144 Å². The zero-order chi connectivity index (χ0) is 18.1. The fourth-order valence-electron chi connectivity index (χ4n) is 2.96. The normalized spacial score (nSPS) is 21.2. The Kier molecular flexibility index (Phi) is 4.54. The van der Waals surface area contributed by atoms with Gasteiger partial charge in [0.15, 0.2) is 0 Å². The summed E-state index contributed by atoms with van der Waals surface area (Å²) in [6, 6.07) is 3.97. The number of nitrogens with zero attached hydrogens (tertiary/aromatic N) is 1. The van der Waals surface area contributed by atoms with E-state index in [1.165, 1.54) is 0 Å². The fourth-order valence-corrected chi connectivity index (χ4v) is 2.96. The summed E-state index contributed by atoms with van der Waals surface area (Å²) in [6.07, 6.45) is 0.253. The molecular weight excluding hydrogens is 324 g/mol. The number of anilines is 1. The van der Waals surface area contributed by atoms with E-state index in [9.17, 15) is 19.2 Å². The van der Waals surface area contributed by atoms with Gasteiger partial charge in [-0.25, -0.2) is 0 Å². The van der Waals surface area contributed by atoms with Crippen molar-refractivity contribution >= 4 is 29.3 Å². The molecule has 2 aliphatic rings. The highest BCUT2D eigenvalue weighted by atomic mass is 16.2. The minimum atomic E-state index is -0.946. The number of piperidine rings is 1. The van der Waals surface area contributed by atoms with Crippen LogP contribution in [0.15, 0.2) is 18.2 Å². The second-order valence-corrected chi connectivity index (χ2v) is 6.43. The lowest BCUT2D eigenvalue weighted by molar-refractivity contribution is -0.136. The third-order valence-electron chi connectivity index (χ3n) is 4.50. The molecule has 8 heteroatoms. The van der Waals surface area contributed by atoms with E-state index in [0.29, 0.717) is 18.8 Å². The van der Waals surface area contributed by atoms with Crippen LogP contribution in [0.5, 0.6) is 0 Å². The maximum Gasteiger partial charge on any atom is 0.262 e. The minimum Gasteiger partial charge on any atom is -0.385 e. The number of hydrogen-bond acceptors (Lipinski definition) is 6. The van der Waals surface area contributed by atoms with E-state index in [1.807, 2.05) is 6.92 Å². The van der Waals surface area contributed by atoms with Crippen LogP contribution in [0.25, 0.3) is 0 Å². The molecule has 2 unspecified atom stereocenters. The molecule has 0 aromatic heterocycles. The topological polar surface area (TPSA) is 122 Å². The second-order valence-electron chi connectivity index (χ2n) is 6.43. The SMILES string of the molecule is CC(CN)CNc1ccc2c(c1)C(=O)N(C1CCC(=O)NC1=O)C2=O. The van der Waals surface area contributed by atoms with Gasteiger partial charge in [0, 0.05) is 18.7 Å². The number of nitrogens with two attached hydrogens (primary N) is 1. The zero-order valence-corrected chi connectivity index (χ0v) is 13.9. The van der Waals surface area contributed by atoms with Crippen molar-refractivity contribution in [1.82, 2.24) is 10.2 Å². The Morgan fingerprint density at radius 2 is 1.96 bits per heavy atom. The molecule has 2 heterocycles. The third kappa shape index (κ3) is 3.12. The van der Waals surface area contributed by atoms with E-state index >= 15 is 0 Å². The number of hydrogen-bond donors (Lipinski definition) is 3. The molecule has 0 bridgehead atoms. The van der Waals surface area contributed by atoms with E-state index in [4.69, 9.17) is 5.73 Å². The number of carbonyl (C=O) groups is 4. The first kappa shape index (κ1) is 17.1. The number of nitrogens with one attached hydrogen (secondary N) is 2. The monoisotopic (exact) mass is 344 g/mol. The summed E-state index contributed by atoms with van der Waals surface area (Å²) >= 11 is 0. The molecular formula is C17H20N4O4. The molecule has 4 N–H and O–H groups in total. The van der Waals surface area contributed by atoms with Crippen molar-refractivity contribution in [3.8, 4) is 0 Å². The largest absolute Gasteiger partial charge is 0.385 e. The Balaban J connectivity index is 1.82. The van der Waals surface area contributed by atoms with Crippen LogP contribution in [0.3, 0.4) is 0 Å². The van der Waals surface area contributed by atoms with Gasteiger partial charge in [-0.05, 0) is 37.1 Å². The summed E-state index contributed by atoms with van der Waals surface area (Å²) in [5, 5.41) is 5.36. The zero-order valence-electron chi connectivity index (χ0n) is 13.9. The molecule has 0 saturated carbocycles. The van der Waals surface area contributed by atoms with Crippen LogP contribution >= 0.6 is 0 Å². The predicted octanol–water partition coefficient (Wildman–Crippen LogP) is 0.0945. The molecule has 1 aromatic carbocycles. The number of amides is 4. The maximum atomic E-state index is 12.7. The Morgan fingerprint density at radius 1 is 1.24 bits per heavy atom. The predicted molar refractivity (Wildman–Crippen MR) is 89.8 cm³/mol. The van der Waals surface area contributed by atoms with Gasteiger partial charge in [-0.15, -0.1) is 0 Å². The molecule has 132 valence electrons. The average Bonchev–Trinajstić information content (AvgIpc) is 2.84. The van der Waals surface area contributed by atoms with Crippen molar-refractivity contribution in [2.75, 3.05) is 18.4 Å². The van der Waals surface area contributed by atoms with Crippen LogP contribution in [0.2, 0.25) is 0 Å². The third-order valence-corrected chi connectivity index (χ3v) is 4.50.